The van der Waals surface area contributed by atoms with E-state index in [1.165, 1.54) is 23.5 Å². The summed E-state index contributed by atoms with van der Waals surface area (Å²) in [5.74, 6) is -0.658. The van der Waals surface area contributed by atoms with Crippen molar-refractivity contribution in [3.05, 3.63) is 49.7 Å². The van der Waals surface area contributed by atoms with Crippen LogP contribution in [0.4, 0.5) is 15.8 Å². The van der Waals surface area contributed by atoms with Crippen LogP contribution in [0.2, 0.25) is 4.47 Å². The van der Waals surface area contributed by atoms with Gasteiger partial charge in [-0.25, -0.2) is 9.37 Å². The Morgan fingerprint density at radius 1 is 1.50 bits per heavy atom. The number of hydrogen-bond donors (Lipinski definition) is 1. The molecule has 2 aromatic rings. The smallest absolute Gasteiger partial charge is 0.274 e. The standard InChI is InChI=1S/C10H7ClFN3O2S/c11-10-14-5-9(18-10)4-13-7-1-6(12)2-8(3-7)15(16)17/h1-3,5,13H,4H2. The van der Waals surface area contributed by atoms with Crippen LogP contribution < -0.4 is 5.32 Å². The molecule has 1 heterocycles. The molecular formula is C10H7ClFN3O2S. The summed E-state index contributed by atoms with van der Waals surface area (Å²) in [6.45, 7) is 0.380. The molecule has 0 saturated carbocycles. The van der Waals surface area contributed by atoms with E-state index in [0.29, 0.717) is 16.7 Å². The van der Waals surface area contributed by atoms with Gasteiger partial charge in [0, 0.05) is 22.8 Å². The van der Waals surface area contributed by atoms with E-state index in [1.807, 2.05) is 0 Å². The van der Waals surface area contributed by atoms with Gasteiger partial charge in [-0.1, -0.05) is 11.6 Å². The zero-order chi connectivity index (χ0) is 13.1. The second kappa shape index (κ2) is 5.28. The lowest BCUT2D eigenvalue weighted by molar-refractivity contribution is -0.385. The lowest BCUT2D eigenvalue weighted by atomic mass is 10.2. The highest BCUT2D eigenvalue weighted by molar-refractivity contribution is 7.15. The van der Waals surface area contributed by atoms with E-state index in [4.69, 9.17) is 11.6 Å². The van der Waals surface area contributed by atoms with Gasteiger partial charge in [0.05, 0.1) is 17.5 Å². The number of halogens is 2. The molecule has 1 aromatic carbocycles. The molecule has 1 N–H and O–H groups in total. The van der Waals surface area contributed by atoms with Crippen LogP contribution in [-0.2, 0) is 6.54 Å². The first-order valence-corrected chi connectivity index (χ1v) is 6.03. The lowest BCUT2D eigenvalue weighted by Crippen LogP contribution is -1.99. The Morgan fingerprint density at radius 3 is 2.89 bits per heavy atom. The third-order valence-corrected chi connectivity index (χ3v) is 3.20. The SMILES string of the molecule is O=[N+]([O-])c1cc(F)cc(NCc2cnc(Cl)s2)c1. The highest BCUT2D eigenvalue weighted by atomic mass is 35.5. The quantitative estimate of drug-likeness (QED) is 0.691. The fraction of sp³-hybridized carbons (Fsp3) is 0.100. The number of nitrogens with one attached hydrogen (secondary N) is 1. The Hall–Kier alpha value is -1.73. The predicted molar refractivity (Wildman–Crippen MR) is 67.5 cm³/mol. The molecule has 0 aliphatic carbocycles. The molecule has 0 radical (unpaired) electrons. The molecule has 1 aromatic heterocycles. The summed E-state index contributed by atoms with van der Waals surface area (Å²) in [5, 5.41) is 13.4. The molecule has 8 heteroatoms. The van der Waals surface area contributed by atoms with Crippen molar-refractivity contribution >= 4 is 34.3 Å². The molecule has 2 rings (SSSR count). The minimum absolute atomic E-state index is 0.292. The average molecular weight is 288 g/mol. The Labute approximate surface area is 110 Å². The van der Waals surface area contributed by atoms with Gasteiger partial charge in [-0.3, -0.25) is 10.1 Å². The van der Waals surface area contributed by atoms with Gasteiger partial charge in [0.1, 0.15) is 5.82 Å². The predicted octanol–water partition coefficient (Wildman–Crippen LogP) is 3.46. The fourth-order valence-corrected chi connectivity index (χ4v) is 2.25. The van der Waals surface area contributed by atoms with Crippen molar-refractivity contribution in [2.75, 3.05) is 5.32 Å². The first-order chi connectivity index (χ1) is 8.54. The number of aromatic nitrogens is 1. The number of benzene rings is 1. The van der Waals surface area contributed by atoms with E-state index < -0.39 is 10.7 Å². The zero-order valence-corrected chi connectivity index (χ0v) is 10.5. The average Bonchev–Trinajstić information content (AvgIpc) is 2.72. The molecule has 0 aliphatic rings. The first kappa shape index (κ1) is 12.7. The Bertz CT molecular complexity index is 590. The Balaban J connectivity index is 2.11. The van der Waals surface area contributed by atoms with Crippen LogP contribution >= 0.6 is 22.9 Å². The molecule has 0 aliphatic heterocycles. The van der Waals surface area contributed by atoms with Crippen LogP contribution in [0, 0.1) is 15.9 Å². The van der Waals surface area contributed by atoms with Crippen molar-refractivity contribution in [3.63, 3.8) is 0 Å². The largest absolute Gasteiger partial charge is 0.380 e. The number of thiazole rings is 1. The maximum Gasteiger partial charge on any atom is 0.274 e. The molecule has 94 valence electrons. The number of nitro groups is 1. The van der Waals surface area contributed by atoms with Gasteiger partial charge in [-0.15, -0.1) is 11.3 Å². The lowest BCUT2D eigenvalue weighted by Gasteiger charge is -2.04. The number of anilines is 1. The highest BCUT2D eigenvalue weighted by Gasteiger charge is 2.09. The maximum absolute atomic E-state index is 13.1. The van der Waals surface area contributed by atoms with Gasteiger partial charge in [-0.2, -0.15) is 0 Å². The van der Waals surface area contributed by atoms with E-state index in [9.17, 15) is 14.5 Å². The number of hydrogen-bond acceptors (Lipinski definition) is 5. The first-order valence-electron chi connectivity index (χ1n) is 4.83. The van der Waals surface area contributed by atoms with Crippen molar-refractivity contribution in [2.24, 2.45) is 0 Å². The van der Waals surface area contributed by atoms with E-state index in [0.717, 1.165) is 10.9 Å². The third kappa shape index (κ3) is 3.14. The summed E-state index contributed by atoms with van der Waals surface area (Å²) in [6, 6.07) is 3.33. The molecule has 0 unspecified atom stereocenters. The minimum Gasteiger partial charge on any atom is -0.380 e. The van der Waals surface area contributed by atoms with E-state index in [-0.39, 0.29) is 5.69 Å². The normalized spacial score (nSPS) is 10.3. The van der Waals surface area contributed by atoms with Crippen molar-refractivity contribution in [2.45, 2.75) is 6.54 Å². The second-order valence-corrected chi connectivity index (χ2v) is 5.09. The molecular weight excluding hydrogens is 281 g/mol. The van der Waals surface area contributed by atoms with Crippen molar-refractivity contribution < 1.29 is 9.31 Å². The summed E-state index contributed by atoms with van der Waals surface area (Å²) >= 11 is 6.95. The molecule has 0 bridgehead atoms. The van der Waals surface area contributed by atoms with Crippen LogP contribution in [-0.4, -0.2) is 9.91 Å². The summed E-state index contributed by atoms with van der Waals surface area (Å²) in [5.41, 5.74) is 0.0473. The maximum atomic E-state index is 13.1. The van der Waals surface area contributed by atoms with E-state index >= 15 is 0 Å². The molecule has 0 spiro atoms. The Morgan fingerprint density at radius 2 is 2.28 bits per heavy atom. The monoisotopic (exact) mass is 287 g/mol. The summed E-state index contributed by atoms with van der Waals surface area (Å²) in [7, 11) is 0. The van der Waals surface area contributed by atoms with Gasteiger partial charge in [0.25, 0.3) is 5.69 Å². The second-order valence-electron chi connectivity index (χ2n) is 3.39. The van der Waals surface area contributed by atoms with Gasteiger partial charge >= 0.3 is 0 Å². The van der Waals surface area contributed by atoms with E-state index in [1.54, 1.807) is 6.20 Å². The number of nitro benzene ring substituents is 1. The number of nitrogens with zero attached hydrogens (tertiary/aromatic N) is 2. The Kier molecular flexibility index (Phi) is 3.73. The van der Waals surface area contributed by atoms with Gasteiger partial charge in [0.15, 0.2) is 4.47 Å². The van der Waals surface area contributed by atoms with Gasteiger partial charge in [0.2, 0.25) is 0 Å². The van der Waals surface area contributed by atoms with Gasteiger partial charge < -0.3 is 5.32 Å². The zero-order valence-electron chi connectivity index (χ0n) is 8.89. The molecule has 0 saturated heterocycles. The molecule has 0 fully saturated rings. The summed E-state index contributed by atoms with van der Waals surface area (Å²) < 4.78 is 13.6. The molecule has 0 atom stereocenters. The summed E-state index contributed by atoms with van der Waals surface area (Å²) in [4.78, 5) is 14.6. The van der Waals surface area contributed by atoms with Crippen molar-refractivity contribution in [1.29, 1.82) is 0 Å². The van der Waals surface area contributed by atoms with Gasteiger partial charge in [-0.05, 0) is 6.07 Å². The highest BCUT2D eigenvalue weighted by Crippen LogP contribution is 2.22. The van der Waals surface area contributed by atoms with Crippen LogP contribution in [0.5, 0.6) is 0 Å². The summed E-state index contributed by atoms with van der Waals surface area (Å²) in [6.07, 6.45) is 1.59. The van der Waals surface area contributed by atoms with Crippen LogP contribution in [0.1, 0.15) is 4.88 Å². The van der Waals surface area contributed by atoms with Crippen molar-refractivity contribution in [1.82, 2.24) is 4.98 Å². The van der Waals surface area contributed by atoms with Crippen molar-refractivity contribution in [3.8, 4) is 0 Å². The number of non-ortho nitro benzene ring substituents is 1. The van der Waals surface area contributed by atoms with E-state index in [2.05, 4.69) is 10.3 Å². The topological polar surface area (TPSA) is 68.1 Å². The minimum atomic E-state index is -0.658. The molecule has 18 heavy (non-hydrogen) atoms. The number of rotatable bonds is 4. The third-order valence-electron chi connectivity index (χ3n) is 2.09. The van der Waals surface area contributed by atoms with Crippen LogP contribution in [0.3, 0.4) is 0 Å². The molecule has 5 nitrogen and oxygen atoms in total. The fourth-order valence-electron chi connectivity index (χ4n) is 1.34. The van der Waals surface area contributed by atoms with Crippen LogP contribution in [0.15, 0.2) is 24.4 Å². The molecule has 0 amide bonds. The van der Waals surface area contributed by atoms with Crippen LogP contribution in [0.25, 0.3) is 0 Å².